The van der Waals surface area contributed by atoms with Crippen molar-refractivity contribution in [3.8, 4) is 0 Å². The van der Waals surface area contributed by atoms with E-state index in [2.05, 4.69) is 4.98 Å². The van der Waals surface area contributed by atoms with Crippen molar-refractivity contribution in [2.45, 2.75) is 32.2 Å². The number of pyridine rings is 1. The zero-order chi connectivity index (χ0) is 18.8. The minimum Gasteiger partial charge on any atom is -0.329 e. The van der Waals surface area contributed by atoms with E-state index in [9.17, 15) is 9.18 Å². The number of likely N-dealkylation sites (tertiary alicyclic amines) is 1. The molecule has 1 aromatic carbocycles. The molecule has 1 aliphatic heterocycles. The van der Waals surface area contributed by atoms with Gasteiger partial charge in [-0.05, 0) is 49.6 Å². The summed E-state index contributed by atoms with van der Waals surface area (Å²) in [5.41, 5.74) is 5.36. The van der Waals surface area contributed by atoms with Gasteiger partial charge in [-0.2, -0.15) is 0 Å². The number of nitrogens with zero attached hydrogens (tertiary/aromatic N) is 3. The summed E-state index contributed by atoms with van der Waals surface area (Å²) >= 11 is 1.39. The lowest BCUT2D eigenvalue weighted by molar-refractivity contribution is 0.0736. The Bertz CT molecular complexity index is 954. The topological polar surface area (TPSA) is 46.1 Å². The van der Waals surface area contributed by atoms with Crippen LogP contribution in [0.1, 0.15) is 51.2 Å². The monoisotopic (exact) mass is 381 g/mol. The van der Waals surface area contributed by atoms with E-state index in [0.29, 0.717) is 11.3 Å². The number of hydrogen-bond acceptors (Lipinski definition) is 4. The molecular weight excluding hydrogens is 361 g/mol. The van der Waals surface area contributed by atoms with Gasteiger partial charge in [0, 0.05) is 18.7 Å². The Morgan fingerprint density at radius 1 is 1.26 bits per heavy atom. The van der Waals surface area contributed by atoms with Crippen molar-refractivity contribution >= 4 is 17.2 Å². The van der Waals surface area contributed by atoms with Crippen molar-refractivity contribution in [2.24, 2.45) is 0 Å². The molecule has 2 aromatic heterocycles. The van der Waals surface area contributed by atoms with Gasteiger partial charge >= 0.3 is 0 Å². The van der Waals surface area contributed by atoms with E-state index in [1.807, 2.05) is 30.0 Å². The van der Waals surface area contributed by atoms with Crippen LogP contribution >= 0.6 is 11.3 Å². The van der Waals surface area contributed by atoms with Crippen molar-refractivity contribution < 1.29 is 9.18 Å². The maximum Gasteiger partial charge on any atom is 0.266 e. The fourth-order valence-corrected chi connectivity index (χ4v) is 4.31. The van der Waals surface area contributed by atoms with Crippen LogP contribution in [0, 0.1) is 12.7 Å². The Kier molecular flexibility index (Phi) is 4.99. The molecule has 0 spiro atoms. The zero-order valence-corrected chi connectivity index (χ0v) is 15.9. The number of halogens is 1. The van der Waals surface area contributed by atoms with E-state index in [0.717, 1.165) is 42.0 Å². The maximum absolute atomic E-state index is 13.1. The van der Waals surface area contributed by atoms with Gasteiger partial charge in [0.25, 0.3) is 5.91 Å². The van der Waals surface area contributed by atoms with E-state index in [-0.39, 0.29) is 17.8 Å². The molecule has 3 aromatic rings. The second-order valence-corrected chi connectivity index (χ2v) is 7.64. The van der Waals surface area contributed by atoms with E-state index < -0.39 is 0 Å². The molecule has 27 heavy (non-hydrogen) atoms. The third-order valence-electron chi connectivity index (χ3n) is 4.92. The van der Waals surface area contributed by atoms with Crippen molar-refractivity contribution in [3.63, 3.8) is 0 Å². The predicted molar refractivity (Wildman–Crippen MR) is 103 cm³/mol. The Morgan fingerprint density at radius 3 is 2.81 bits per heavy atom. The highest BCUT2D eigenvalue weighted by atomic mass is 32.1. The molecule has 1 aliphatic rings. The van der Waals surface area contributed by atoms with Gasteiger partial charge in [0.2, 0.25) is 0 Å². The highest BCUT2D eigenvalue weighted by Crippen LogP contribution is 2.33. The molecule has 6 heteroatoms. The van der Waals surface area contributed by atoms with E-state index in [1.165, 1.54) is 23.5 Å². The number of benzene rings is 1. The SMILES string of the molecule is Cc1ncsc1C(=O)N1CCC[C@@H]1c1cccc(Cc2ccc(F)cc2)n1. The van der Waals surface area contributed by atoms with Crippen LogP contribution in [0.4, 0.5) is 4.39 Å². The summed E-state index contributed by atoms with van der Waals surface area (Å²) in [7, 11) is 0. The molecule has 1 fully saturated rings. The third-order valence-corrected chi connectivity index (χ3v) is 5.84. The molecule has 3 heterocycles. The van der Waals surface area contributed by atoms with Crippen LogP contribution < -0.4 is 0 Å². The quantitative estimate of drug-likeness (QED) is 0.666. The standard InChI is InChI=1S/C21H20FN3OS/c1-14-20(27-13-23-14)21(26)25-11-3-6-19(25)18-5-2-4-17(24-18)12-15-7-9-16(22)10-8-15/h2,4-5,7-10,13,19H,3,6,11-12H2,1H3/t19-/m1/s1. The molecule has 1 amide bonds. The first-order valence-electron chi connectivity index (χ1n) is 9.03. The first kappa shape index (κ1) is 17.8. The third kappa shape index (κ3) is 3.76. The second kappa shape index (κ2) is 7.56. The Labute approximate surface area is 161 Å². The van der Waals surface area contributed by atoms with Crippen LogP contribution in [0.5, 0.6) is 0 Å². The first-order chi connectivity index (χ1) is 13.1. The molecular formula is C21H20FN3OS. The van der Waals surface area contributed by atoms with Gasteiger partial charge < -0.3 is 4.90 Å². The Balaban J connectivity index is 1.56. The Hall–Kier alpha value is -2.60. The number of amides is 1. The number of hydrogen-bond donors (Lipinski definition) is 0. The van der Waals surface area contributed by atoms with E-state index in [4.69, 9.17) is 4.98 Å². The maximum atomic E-state index is 13.1. The highest BCUT2D eigenvalue weighted by molar-refractivity contribution is 7.11. The van der Waals surface area contributed by atoms with Crippen LogP contribution in [-0.4, -0.2) is 27.3 Å². The lowest BCUT2D eigenvalue weighted by Crippen LogP contribution is -2.31. The van der Waals surface area contributed by atoms with Gasteiger partial charge in [-0.25, -0.2) is 9.37 Å². The molecule has 0 N–H and O–H groups in total. The molecule has 138 valence electrons. The minimum absolute atomic E-state index is 0.00725. The normalized spacial score (nSPS) is 16.7. The minimum atomic E-state index is -0.237. The molecule has 4 rings (SSSR count). The van der Waals surface area contributed by atoms with Gasteiger partial charge in [-0.3, -0.25) is 9.78 Å². The van der Waals surface area contributed by atoms with Gasteiger partial charge in [0.05, 0.1) is 22.9 Å². The van der Waals surface area contributed by atoms with Gasteiger partial charge in [-0.15, -0.1) is 11.3 Å². The highest BCUT2D eigenvalue weighted by Gasteiger charge is 2.32. The van der Waals surface area contributed by atoms with Crippen LogP contribution in [-0.2, 0) is 6.42 Å². The average molecular weight is 381 g/mol. The number of carbonyl (C=O) groups is 1. The average Bonchev–Trinajstić information content (AvgIpc) is 3.32. The second-order valence-electron chi connectivity index (χ2n) is 6.78. The summed E-state index contributed by atoms with van der Waals surface area (Å²) in [6.07, 6.45) is 2.53. The molecule has 0 bridgehead atoms. The fourth-order valence-electron chi connectivity index (χ4n) is 3.55. The van der Waals surface area contributed by atoms with Crippen LogP contribution in [0.2, 0.25) is 0 Å². The molecule has 4 nitrogen and oxygen atoms in total. The number of thiazole rings is 1. The number of carbonyl (C=O) groups excluding carboxylic acids is 1. The lowest BCUT2D eigenvalue weighted by Gasteiger charge is -2.24. The summed E-state index contributed by atoms with van der Waals surface area (Å²) in [5, 5.41) is 0. The lowest BCUT2D eigenvalue weighted by atomic mass is 10.1. The fraction of sp³-hybridized carbons (Fsp3) is 0.286. The van der Waals surface area contributed by atoms with E-state index in [1.54, 1.807) is 17.6 Å². The Morgan fingerprint density at radius 2 is 2.07 bits per heavy atom. The number of aromatic nitrogens is 2. The van der Waals surface area contributed by atoms with Crippen LogP contribution in [0.25, 0.3) is 0 Å². The first-order valence-corrected chi connectivity index (χ1v) is 9.91. The summed E-state index contributed by atoms with van der Waals surface area (Å²) in [6, 6.07) is 12.4. The van der Waals surface area contributed by atoms with Crippen molar-refractivity contribution in [2.75, 3.05) is 6.54 Å². The van der Waals surface area contributed by atoms with E-state index >= 15 is 0 Å². The van der Waals surface area contributed by atoms with Gasteiger partial charge in [-0.1, -0.05) is 18.2 Å². The summed E-state index contributed by atoms with van der Waals surface area (Å²) < 4.78 is 13.1. The molecule has 0 radical (unpaired) electrons. The van der Waals surface area contributed by atoms with Gasteiger partial charge in [0.1, 0.15) is 10.7 Å². The summed E-state index contributed by atoms with van der Waals surface area (Å²) in [4.78, 5) is 24.6. The van der Waals surface area contributed by atoms with Crippen LogP contribution in [0.3, 0.4) is 0 Å². The number of aryl methyl sites for hydroxylation is 1. The smallest absolute Gasteiger partial charge is 0.266 e. The summed E-state index contributed by atoms with van der Waals surface area (Å²) in [5.74, 6) is -0.192. The molecule has 0 unspecified atom stereocenters. The molecule has 0 saturated carbocycles. The number of rotatable bonds is 4. The molecule has 1 saturated heterocycles. The zero-order valence-electron chi connectivity index (χ0n) is 15.1. The molecule has 0 aliphatic carbocycles. The molecule has 1 atom stereocenters. The van der Waals surface area contributed by atoms with Crippen molar-refractivity contribution in [1.29, 1.82) is 0 Å². The van der Waals surface area contributed by atoms with Crippen molar-refractivity contribution in [1.82, 2.24) is 14.9 Å². The van der Waals surface area contributed by atoms with Gasteiger partial charge in [0.15, 0.2) is 0 Å². The van der Waals surface area contributed by atoms with Crippen LogP contribution in [0.15, 0.2) is 48.0 Å². The largest absolute Gasteiger partial charge is 0.329 e. The van der Waals surface area contributed by atoms with Crippen molar-refractivity contribution in [3.05, 3.63) is 81.3 Å². The summed E-state index contributed by atoms with van der Waals surface area (Å²) in [6.45, 7) is 2.61. The predicted octanol–water partition coefficient (Wildman–Crippen LogP) is 4.55.